The van der Waals surface area contributed by atoms with Crippen LogP contribution in [0, 0.1) is 5.92 Å². The molecule has 1 fully saturated rings. The Morgan fingerprint density at radius 3 is 2.89 bits per heavy atom. The standard InChI is InChI=1S/C14H21N3O/c15-12-7-3-1-2-6-11(12)13(18)9-10-5-4-8-17-14(10)16/h4-5,8,11-12H,1-3,6-7,9,15H2,(H2,16,17). The van der Waals surface area contributed by atoms with Crippen molar-refractivity contribution in [2.24, 2.45) is 11.7 Å². The Labute approximate surface area is 108 Å². The molecule has 1 heterocycles. The SMILES string of the molecule is Nc1ncccc1CC(=O)C1CCCCCC1N. The van der Waals surface area contributed by atoms with E-state index in [0.717, 1.165) is 31.2 Å². The van der Waals surface area contributed by atoms with Crippen molar-refractivity contribution in [3.05, 3.63) is 23.9 Å². The molecule has 0 spiro atoms. The second kappa shape index (κ2) is 5.96. The van der Waals surface area contributed by atoms with Crippen LogP contribution in [0.3, 0.4) is 0 Å². The highest BCUT2D eigenvalue weighted by Crippen LogP contribution is 2.24. The molecule has 0 radical (unpaired) electrons. The summed E-state index contributed by atoms with van der Waals surface area (Å²) in [6.07, 6.45) is 7.30. The van der Waals surface area contributed by atoms with Gasteiger partial charge in [0.15, 0.2) is 0 Å². The van der Waals surface area contributed by atoms with Gasteiger partial charge in [0.1, 0.15) is 11.6 Å². The third kappa shape index (κ3) is 3.07. The van der Waals surface area contributed by atoms with Gasteiger partial charge in [-0.1, -0.05) is 25.3 Å². The van der Waals surface area contributed by atoms with Gasteiger partial charge in [-0.05, 0) is 18.9 Å². The third-order valence-electron chi connectivity index (χ3n) is 3.77. The number of hydrogen-bond acceptors (Lipinski definition) is 4. The molecule has 0 amide bonds. The van der Waals surface area contributed by atoms with E-state index in [4.69, 9.17) is 11.5 Å². The lowest BCUT2D eigenvalue weighted by Gasteiger charge is -2.20. The average Bonchev–Trinajstić information content (AvgIpc) is 2.57. The Kier molecular flexibility index (Phi) is 4.31. The van der Waals surface area contributed by atoms with Gasteiger partial charge in [0.25, 0.3) is 0 Å². The summed E-state index contributed by atoms with van der Waals surface area (Å²) in [4.78, 5) is 16.3. The van der Waals surface area contributed by atoms with Gasteiger partial charge in [-0.2, -0.15) is 0 Å². The predicted octanol–water partition coefficient (Wildman–Crippen LogP) is 1.68. The molecule has 2 atom stereocenters. The number of anilines is 1. The molecule has 1 saturated carbocycles. The fraction of sp³-hybridized carbons (Fsp3) is 0.571. The minimum atomic E-state index is -0.00731. The number of hydrogen-bond donors (Lipinski definition) is 2. The van der Waals surface area contributed by atoms with E-state index in [-0.39, 0.29) is 17.7 Å². The minimum Gasteiger partial charge on any atom is -0.383 e. The van der Waals surface area contributed by atoms with Crippen LogP contribution in [0.1, 0.15) is 37.7 Å². The van der Waals surface area contributed by atoms with Crippen LogP contribution >= 0.6 is 0 Å². The lowest BCUT2D eigenvalue weighted by atomic mass is 9.88. The first kappa shape index (κ1) is 13.0. The Bertz CT molecular complexity index is 419. The molecule has 4 heteroatoms. The number of nitrogen functional groups attached to an aromatic ring is 1. The molecule has 98 valence electrons. The summed E-state index contributed by atoms with van der Waals surface area (Å²) < 4.78 is 0. The zero-order valence-corrected chi connectivity index (χ0v) is 10.6. The summed E-state index contributed by atoms with van der Waals surface area (Å²) >= 11 is 0. The van der Waals surface area contributed by atoms with Crippen molar-refractivity contribution in [2.45, 2.75) is 44.6 Å². The molecule has 1 aromatic rings. The summed E-state index contributed by atoms with van der Waals surface area (Å²) in [6.45, 7) is 0. The lowest BCUT2D eigenvalue weighted by Crippen LogP contribution is -2.35. The van der Waals surface area contributed by atoms with E-state index >= 15 is 0 Å². The summed E-state index contributed by atoms with van der Waals surface area (Å²) in [6, 6.07) is 3.69. The Morgan fingerprint density at radius 2 is 2.11 bits per heavy atom. The molecule has 0 aliphatic heterocycles. The molecule has 2 rings (SSSR count). The zero-order chi connectivity index (χ0) is 13.0. The van der Waals surface area contributed by atoms with Gasteiger partial charge < -0.3 is 11.5 Å². The van der Waals surface area contributed by atoms with Crippen LogP contribution in [0.25, 0.3) is 0 Å². The number of ketones is 1. The highest BCUT2D eigenvalue weighted by atomic mass is 16.1. The average molecular weight is 247 g/mol. The van der Waals surface area contributed by atoms with Crippen molar-refractivity contribution in [1.82, 2.24) is 4.98 Å². The molecule has 1 aromatic heterocycles. The van der Waals surface area contributed by atoms with E-state index < -0.39 is 0 Å². The first-order chi connectivity index (χ1) is 8.68. The van der Waals surface area contributed by atoms with Crippen molar-refractivity contribution in [1.29, 1.82) is 0 Å². The maximum atomic E-state index is 12.3. The first-order valence-electron chi connectivity index (χ1n) is 6.66. The molecule has 2 unspecified atom stereocenters. The number of aromatic nitrogens is 1. The van der Waals surface area contributed by atoms with Crippen LogP contribution in [-0.4, -0.2) is 16.8 Å². The summed E-state index contributed by atoms with van der Waals surface area (Å²) in [5.74, 6) is 0.657. The molecule has 0 aromatic carbocycles. The number of carbonyl (C=O) groups excluding carboxylic acids is 1. The predicted molar refractivity (Wildman–Crippen MR) is 71.9 cm³/mol. The Balaban J connectivity index is 2.04. The largest absolute Gasteiger partial charge is 0.383 e. The Hall–Kier alpha value is -1.42. The van der Waals surface area contributed by atoms with Gasteiger partial charge in [0, 0.05) is 30.1 Å². The molecule has 18 heavy (non-hydrogen) atoms. The highest BCUT2D eigenvalue weighted by Gasteiger charge is 2.27. The molecular weight excluding hydrogens is 226 g/mol. The molecule has 1 aliphatic carbocycles. The van der Waals surface area contributed by atoms with Gasteiger partial charge in [-0.25, -0.2) is 4.98 Å². The first-order valence-corrected chi connectivity index (χ1v) is 6.66. The van der Waals surface area contributed by atoms with Crippen molar-refractivity contribution < 1.29 is 4.79 Å². The number of rotatable bonds is 3. The van der Waals surface area contributed by atoms with E-state index in [9.17, 15) is 4.79 Å². The van der Waals surface area contributed by atoms with Gasteiger partial charge in [-0.3, -0.25) is 4.79 Å². The number of nitrogens with zero attached hydrogens (tertiary/aromatic N) is 1. The van der Waals surface area contributed by atoms with Gasteiger partial charge in [0.05, 0.1) is 0 Å². The molecule has 4 N–H and O–H groups in total. The maximum absolute atomic E-state index is 12.3. The van der Waals surface area contributed by atoms with Gasteiger partial charge >= 0.3 is 0 Å². The second-order valence-corrected chi connectivity index (χ2v) is 5.10. The van der Waals surface area contributed by atoms with Crippen molar-refractivity contribution in [2.75, 3.05) is 5.73 Å². The highest BCUT2D eigenvalue weighted by molar-refractivity contribution is 5.84. The van der Waals surface area contributed by atoms with E-state index in [0.29, 0.717) is 12.2 Å². The summed E-state index contributed by atoms with van der Waals surface area (Å²) in [5, 5.41) is 0. The fourth-order valence-corrected chi connectivity index (χ4v) is 2.66. The lowest BCUT2D eigenvalue weighted by molar-refractivity contribution is -0.123. The molecule has 0 bridgehead atoms. The molecule has 1 aliphatic rings. The van der Waals surface area contributed by atoms with Crippen molar-refractivity contribution in [3.63, 3.8) is 0 Å². The Morgan fingerprint density at radius 1 is 1.33 bits per heavy atom. The summed E-state index contributed by atoms with van der Waals surface area (Å²) in [5.41, 5.74) is 12.7. The van der Waals surface area contributed by atoms with Crippen LogP contribution in [0.2, 0.25) is 0 Å². The van der Waals surface area contributed by atoms with E-state index in [1.807, 2.05) is 12.1 Å². The molecule has 4 nitrogen and oxygen atoms in total. The zero-order valence-electron chi connectivity index (χ0n) is 10.6. The quantitative estimate of drug-likeness (QED) is 0.796. The van der Waals surface area contributed by atoms with Crippen LogP contribution in [0.5, 0.6) is 0 Å². The van der Waals surface area contributed by atoms with E-state index in [1.54, 1.807) is 6.20 Å². The van der Waals surface area contributed by atoms with Crippen molar-refractivity contribution in [3.8, 4) is 0 Å². The van der Waals surface area contributed by atoms with Crippen molar-refractivity contribution >= 4 is 11.6 Å². The van der Waals surface area contributed by atoms with Gasteiger partial charge in [-0.15, -0.1) is 0 Å². The van der Waals surface area contributed by atoms with Crippen LogP contribution < -0.4 is 11.5 Å². The second-order valence-electron chi connectivity index (χ2n) is 5.10. The van der Waals surface area contributed by atoms with Crippen LogP contribution in [0.4, 0.5) is 5.82 Å². The van der Waals surface area contributed by atoms with E-state index in [1.165, 1.54) is 6.42 Å². The topological polar surface area (TPSA) is 82.0 Å². The number of carbonyl (C=O) groups is 1. The van der Waals surface area contributed by atoms with E-state index in [2.05, 4.69) is 4.98 Å². The number of Topliss-reactive ketones (excluding diaryl/α,β-unsaturated/α-hetero) is 1. The minimum absolute atomic E-state index is 0.00731. The van der Waals surface area contributed by atoms with Crippen LogP contribution in [-0.2, 0) is 11.2 Å². The monoisotopic (exact) mass is 247 g/mol. The molecular formula is C14H21N3O. The normalized spacial score (nSPS) is 24.5. The smallest absolute Gasteiger partial charge is 0.142 e. The summed E-state index contributed by atoms with van der Waals surface area (Å²) in [7, 11) is 0. The van der Waals surface area contributed by atoms with Gasteiger partial charge in [0.2, 0.25) is 0 Å². The number of pyridine rings is 1. The maximum Gasteiger partial charge on any atom is 0.142 e. The third-order valence-corrected chi connectivity index (χ3v) is 3.77. The number of nitrogens with two attached hydrogens (primary N) is 2. The van der Waals surface area contributed by atoms with Crippen LogP contribution in [0.15, 0.2) is 18.3 Å². The fourth-order valence-electron chi connectivity index (χ4n) is 2.66. The molecule has 0 saturated heterocycles.